The SMILES string of the molecule is COc1cc(/C=C(/C#N)C(=O)N[C@H](C)c2ccccc2)cc(Cl)c1OCc1ccc2ccccc2c1. The standard InChI is InChI=1S/C30H25ClN2O3/c1-20(23-8-4-3-5-9-23)33-30(34)26(18-32)15-22-16-27(31)29(28(17-22)35-2)36-19-21-12-13-24-10-6-7-11-25(24)14-21/h3-17,20H,19H2,1-2H3,(H,33,34)/b26-15-/t20-/m1/s1. The Balaban J connectivity index is 1.51. The molecule has 0 spiro atoms. The van der Waals surface area contributed by atoms with Crippen LogP contribution in [0.3, 0.4) is 0 Å². The zero-order chi connectivity index (χ0) is 25.5. The molecule has 4 aromatic rings. The molecule has 4 rings (SSSR count). The lowest BCUT2D eigenvalue weighted by Gasteiger charge is -2.15. The maximum atomic E-state index is 12.7. The number of carbonyl (C=O) groups excluding carboxylic acids is 1. The van der Waals surface area contributed by atoms with Crippen molar-refractivity contribution in [3.63, 3.8) is 0 Å². The van der Waals surface area contributed by atoms with E-state index >= 15 is 0 Å². The minimum absolute atomic E-state index is 0.0410. The number of benzene rings is 4. The van der Waals surface area contributed by atoms with Crippen LogP contribution in [0.4, 0.5) is 0 Å². The van der Waals surface area contributed by atoms with Gasteiger partial charge in [0.15, 0.2) is 11.5 Å². The first kappa shape index (κ1) is 24.8. The van der Waals surface area contributed by atoms with Gasteiger partial charge in [0.1, 0.15) is 18.2 Å². The molecule has 36 heavy (non-hydrogen) atoms. The van der Waals surface area contributed by atoms with Gasteiger partial charge in [0.25, 0.3) is 5.91 Å². The van der Waals surface area contributed by atoms with Crippen molar-refractivity contribution in [2.24, 2.45) is 0 Å². The predicted octanol–water partition coefficient (Wildman–Crippen LogP) is 6.87. The van der Waals surface area contributed by atoms with Gasteiger partial charge in [-0.25, -0.2) is 0 Å². The molecule has 1 atom stereocenters. The number of fused-ring (bicyclic) bond motifs is 1. The zero-order valence-corrected chi connectivity index (χ0v) is 20.8. The Morgan fingerprint density at radius 3 is 2.47 bits per heavy atom. The van der Waals surface area contributed by atoms with E-state index in [1.54, 1.807) is 12.1 Å². The highest BCUT2D eigenvalue weighted by atomic mass is 35.5. The maximum absolute atomic E-state index is 12.7. The topological polar surface area (TPSA) is 71.3 Å². The maximum Gasteiger partial charge on any atom is 0.262 e. The van der Waals surface area contributed by atoms with Crippen molar-refractivity contribution >= 4 is 34.4 Å². The van der Waals surface area contributed by atoms with Crippen LogP contribution >= 0.6 is 11.6 Å². The number of nitrogens with one attached hydrogen (secondary N) is 1. The zero-order valence-electron chi connectivity index (χ0n) is 20.0. The molecule has 0 aliphatic carbocycles. The van der Waals surface area contributed by atoms with Crippen molar-refractivity contribution in [2.75, 3.05) is 7.11 Å². The molecule has 0 fully saturated rings. The van der Waals surface area contributed by atoms with Gasteiger partial charge in [0.2, 0.25) is 0 Å². The molecule has 0 unspecified atom stereocenters. The van der Waals surface area contributed by atoms with Crippen LogP contribution in [0.1, 0.15) is 29.7 Å². The Bertz CT molecular complexity index is 1460. The van der Waals surface area contributed by atoms with Crippen molar-refractivity contribution in [2.45, 2.75) is 19.6 Å². The van der Waals surface area contributed by atoms with E-state index in [4.69, 9.17) is 21.1 Å². The Labute approximate surface area is 215 Å². The van der Waals surface area contributed by atoms with Gasteiger partial charge < -0.3 is 14.8 Å². The van der Waals surface area contributed by atoms with Crippen LogP contribution in [0.5, 0.6) is 11.5 Å². The van der Waals surface area contributed by atoms with E-state index in [2.05, 4.69) is 23.5 Å². The molecule has 180 valence electrons. The van der Waals surface area contributed by atoms with Gasteiger partial charge in [-0.3, -0.25) is 4.79 Å². The van der Waals surface area contributed by atoms with Crippen molar-refractivity contribution in [3.8, 4) is 17.6 Å². The lowest BCUT2D eigenvalue weighted by molar-refractivity contribution is -0.117. The van der Waals surface area contributed by atoms with E-state index in [-0.39, 0.29) is 11.6 Å². The van der Waals surface area contributed by atoms with E-state index in [1.807, 2.05) is 67.6 Å². The normalized spacial score (nSPS) is 12.0. The van der Waals surface area contributed by atoms with Gasteiger partial charge in [-0.2, -0.15) is 5.26 Å². The molecule has 1 amide bonds. The molecule has 0 aromatic heterocycles. The Morgan fingerprint density at radius 2 is 1.75 bits per heavy atom. The molecular weight excluding hydrogens is 472 g/mol. The number of rotatable bonds is 8. The third kappa shape index (κ3) is 5.86. The van der Waals surface area contributed by atoms with Crippen molar-refractivity contribution in [3.05, 3.63) is 112 Å². The molecule has 0 heterocycles. The third-order valence-electron chi connectivity index (χ3n) is 5.77. The molecule has 0 saturated carbocycles. The fraction of sp³-hybridized carbons (Fsp3) is 0.133. The quantitative estimate of drug-likeness (QED) is 0.213. The second kappa shape index (κ2) is 11.4. The molecule has 0 saturated heterocycles. The van der Waals surface area contributed by atoms with Crippen LogP contribution in [0, 0.1) is 11.3 Å². The van der Waals surface area contributed by atoms with Gasteiger partial charge in [0.05, 0.1) is 18.2 Å². The Morgan fingerprint density at radius 1 is 1.03 bits per heavy atom. The van der Waals surface area contributed by atoms with E-state index in [0.29, 0.717) is 28.7 Å². The molecular formula is C30H25ClN2O3. The van der Waals surface area contributed by atoms with E-state index < -0.39 is 5.91 Å². The van der Waals surface area contributed by atoms with Crippen LogP contribution in [-0.4, -0.2) is 13.0 Å². The lowest BCUT2D eigenvalue weighted by atomic mass is 10.1. The molecule has 0 radical (unpaired) electrons. The highest BCUT2D eigenvalue weighted by molar-refractivity contribution is 6.32. The summed E-state index contributed by atoms with van der Waals surface area (Å²) in [4.78, 5) is 12.7. The summed E-state index contributed by atoms with van der Waals surface area (Å²) in [5, 5.41) is 15.1. The summed E-state index contributed by atoms with van der Waals surface area (Å²) in [7, 11) is 1.52. The Kier molecular flexibility index (Phi) is 7.89. The molecule has 5 nitrogen and oxygen atoms in total. The largest absolute Gasteiger partial charge is 0.493 e. The van der Waals surface area contributed by atoms with Crippen molar-refractivity contribution in [1.82, 2.24) is 5.32 Å². The minimum atomic E-state index is -0.472. The third-order valence-corrected chi connectivity index (χ3v) is 6.05. The molecule has 1 N–H and O–H groups in total. The van der Waals surface area contributed by atoms with Gasteiger partial charge in [0, 0.05) is 0 Å². The van der Waals surface area contributed by atoms with Gasteiger partial charge in [-0.1, -0.05) is 78.3 Å². The second-order valence-electron chi connectivity index (χ2n) is 8.28. The van der Waals surface area contributed by atoms with Gasteiger partial charge in [-0.05, 0) is 58.7 Å². The van der Waals surface area contributed by atoms with Crippen molar-refractivity contribution in [1.29, 1.82) is 5.26 Å². The number of amides is 1. The number of methoxy groups -OCH3 is 1. The first-order chi connectivity index (χ1) is 17.5. The number of nitriles is 1. The van der Waals surface area contributed by atoms with Crippen LogP contribution < -0.4 is 14.8 Å². The van der Waals surface area contributed by atoms with E-state index in [1.165, 1.54) is 13.2 Å². The molecule has 0 aliphatic rings. The second-order valence-corrected chi connectivity index (χ2v) is 8.69. The highest BCUT2D eigenvalue weighted by Crippen LogP contribution is 2.37. The summed E-state index contributed by atoms with van der Waals surface area (Å²) in [6.07, 6.45) is 1.48. The van der Waals surface area contributed by atoms with Gasteiger partial charge >= 0.3 is 0 Å². The number of hydrogen-bond donors (Lipinski definition) is 1. The molecule has 6 heteroatoms. The predicted molar refractivity (Wildman–Crippen MR) is 143 cm³/mol. The minimum Gasteiger partial charge on any atom is -0.493 e. The van der Waals surface area contributed by atoms with Crippen LogP contribution in [0.15, 0.2) is 90.5 Å². The van der Waals surface area contributed by atoms with E-state index in [9.17, 15) is 10.1 Å². The number of nitrogens with zero attached hydrogens (tertiary/aromatic N) is 1. The fourth-order valence-electron chi connectivity index (χ4n) is 3.86. The molecule has 4 aromatic carbocycles. The summed E-state index contributed by atoms with van der Waals surface area (Å²) in [5.74, 6) is 0.329. The summed E-state index contributed by atoms with van der Waals surface area (Å²) in [6, 6.07) is 28.8. The number of hydrogen-bond acceptors (Lipinski definition) is 4. The first-order valence-electron chi connectivity index (χ1n) is 11.4. The highest BCUT2D eigenvalue weighted by Gasteiger charge is 2.16. The average Bonchev–Trinajstić information content (AvgIpc) is 2.91. The summed E-state index contributed by atoms with van der Waals surface area (Å²) in [5.41, 5.74) is 2.45. The first-order valence-corrected chi connectivity index (χ1v) is 11.8. The number of carbonyl (C=O) groups is 1. The lowest BCUT2D eigenvalue weighted by Crippen LogP contribution is -2.27. The van der Waals surface area contributed by atoms with Crippen LogP contribution in [-0.2, 0) is 11.4 Å². The summed E-state index contributed by atoms with van der Waals surface area (Å²) >= 11 is 6.53. The molecule has 0 bridgehead atoms. The van der Waals surface area contributed by atoms with Crippen molar-refractivity contribution < 1.29 is 14.3 Å². The van der Waals surface area contributed by atoms with Gasteiger partial charge in [-0.15, -0.1) is 0 Å². The number of ether oxygens (including phenoxy) is 2. The van der Waals surface area contributed by atoms with E-state index in [0.717, 1.165) is 21.9 Å². The Hall–Kier alpha value is -4.27. The van der Waals surface area contributed by atoms with Crippen LogP contribution in [0.25, 0.3) is 16.8 Å². The number of halogens is 1. The fourth-order valence-corrected chi connectivity index (χ4v) is 4.14. The monoisotopic (exact) mass is 496 g/mol. The summed E-state index contributed by atoms with van der Waals surface area (Å²) < 4.78 is 11.5. The smallest absolute Gasteiger partial charge is 0.262 e. The summed E-state index contributed by atoms with van der Waals surface area (Å²) in [6.45, 7) is 2.17. The average molecular weight is 497 g/mol. The van der Waals surface area contributed by atoms with Crippen LogP contribution in [0.2, 0.25) is 5.02 Å². The molecule has 0 aliphatic heterocycles.